The Morgan fingerprint density at radius 1 is 0.816 bits per heavy atom. The number of carbonyl (C=O) groups excluding carboxylic acids is 5. The molecular weight excluding hydrogens is 646 g/mol. The molecule has 49 heavy (non-hydrogen) atoms. The van der Waals surface area contributed by atoms with Crippen LogP contribution in [0.25, 0.3) is 6.08 Å². The van der Waals surface area contributed by atoms with E-state index in [1.165, 1.54) is 46.1 Å². The molecule has 1 atom stereocenters. The molecule has 0 spiro atoms. The maximum absolute atomic E-state index is 13.8. The zero-order valence-electron chi connectivity index (χ0n) is 27.1. The van der Waals surface area contributed by atoms with Gasteiger partial charge in [0.05, 0.1) is 32.3 Å². The lowest BCUT2D eigenvalue weighted by Crippen LogP contribution is -2.31. The quantitative estimate of drug-likeness (QED) is 0.109. The molecule has 1 heterocycles. The van der Waals surface area contributed by atoms with E-state index in [4.69, 9.17) is 14.2 Å². The summed E-state index contributed by atoms with van der Waals surface area (Å²) < 4.78 is 16.4. The molecule has 4 aromatic rings. The van der Waals surface area contributed by atoms with E-state index < -0.39 is 17.1 Å². The average molecular weight is 680 g/mol. The van der Waals surface area contributed by atoms with Crippen molar-refractivity contribution in [2.24, 2.45) is 0 Å². The first-order chi connectivity index (χ1) is 23.6. The van der Waals surface area contributed by atoms with Crippen LogP contribution in [-0.4, -0.2) is 56.0 Å². The van der Waals surface area contributed by atoms with Crippen molar-refractivity contribution in [1.29, 1.82) is 0 Å². The minimum atomic E-state index is -0.691. The molecule has 0 radical (unpaired) electrons. The Morgan fingerprint density at radius 2 is 1.53 bits per heavy atom. The molecule has 0 saturated carbocycles. The lowest BCUT2D eigenvalue weighted by molar-refractivity contribution is -0.121. The molecule has 1 unspecified atom stereocenters. The first kappa shape index (κ1) is 34.5. The molecule has 12 heteroatoms. The molecule has 1 fully saturated rings. The molecule has 4 aromatic carbocycles. The van der Waals surface area contributed by atoms with Crippen LogP contribution in [0.15, 0.2) is 102 Å². The second-order valence-corrected chi connectivity index (χ2v) is 12.0. The summed E-state index contributed by atoms with van der Waals surface area (Å²) in [6, 6.07) is 24.9. The molecule has 2 N–H and O–H groups in total. The number of imide groups is 1. The highest BCUT2D eigenvalue weighted by atomic mass is 32.2. The van der Waals surface area contributed by atoms with Crippen LogP contribution in [0.4, 0.5) is 11.4 Å². The van der Waals surface area contributed by atoms with E-state index in [1.54, 1.807) is 91.0 Å². The van der Waals surface area contributed by atoms with Crippen LogP contribution < -0.4 is 29.7 Å². The number of Topliss-reactive ketones (excluding diaryl/α,β-unsaturated/α-hetero) is 1. The van der Waals surface area contributed by atoms with E-state index in [2.05, 4.69) is 10.6 Å². The van der Waals surface area contributed by atoms with Gasteiger partial charge in [0.1, 0.15) is 5.70 Å². The molecule has 1 saturated heterocycles. The van der Waals surface area contributed by atoms with Crippen LogP contribution in [0.1, 0.15) is 39.6 Å². The second-order valence-electron chi connectivity index (χ2n) is 10.8. The van der Waals surface area contributed by atoms with Crippen molar-refractivity contribution in [2.75, 3.05) is 31.5 Å². The number of amides is 4. The van der Waals surface area contributed by atoms with E-state index in [9.17, 15) is 24.0 Å². The van der Waals surface area contributed by atoms with Gasteiger partial charge in [-0.3, -0.25) is 24.0 Å². The normalized spacial score (nSPS) is 14.3. The number of benzene rings is 4. The van der Waals surface area contributed by atoms with Crippen molar-refractivity contribution in [2.45, 2.75) is 23.5 Å². The SMILES string of the molecule is COc1ccc(C=C(NC(=O)c2ccccc2)C(=O)Nc2cccc(SC3CC(=O)N(c4ccc(C(C)=O)cc4)C3=O)c2)c(OC)c1OC. The Balaban J connectivity index is 1.38. The monoisotopic (exact) mass is 679 g/mol. The third-order valence-electron chi connectivity index (χ3n) is 7.57. The number of nitrogens with zero attached hydrogens (tertiary/aromatic N) is 1. The lowest BCUT2D eigenvalue weighted by atomic mass is 10.1. The largest absolute Gasteiger partial charge is 0.493 e. The summed E-state index contributed by atoms with van der Waals surface area (Å²) >= 11 is 1.20. The van der Waals surface area contributed by atoms with Crippen molar-refractivity contribution >= 4 is 58.6 Å². The van der Waals surface area contributed by atoms with Crippen molar-refractivity contribution in [3.05, 3.63) is 113 Å². The molecule has 1 aliphatic rings. The molecule has 1 aliphatic heterocycles. The van der Waals surface area contributed by atoms with Gasteiger partial charge in [-0.15, -0.1) is 11.8 Å². The number of hydrogen-bond donors (Lipinski definition) is 2. The number of ether oxygens (including phenoxy) is 3. The Morgan fingerprint density at radius 3 is 2.18 bits per heavy atom. The fraction of sp³-hybridized carbons (Fsp3) is 0.162. The van der Waals surface area contributed by atoms with E-state index in [0.29, 0.717) is 50.2 Å². The Bertz CT molecular complexity index is 1940. The lowest BCUT2D eigenvalue weighted by Gasteiger charge is -2.16. The highest BCUT2D eigenvalue weighted by Gasteiger charge is 2.40. The number of thioether (sulfide) groups is 1. The van der Waals surface area contributed by atoms with Crippen LogP contribution >= 0.6 is 11.8 Å². The second kappa shape index (κ2) is 15.3. The number of methoxy groups -OCH3 is 3. The number of ketones is 1. The number of anilines is 2. The van der Waals surface area contributed by atoms with Gasteiger partial charge in [0, 0.05) is 33.7 Å². The fourth-order valence-electron chi connectivity index (χ4n) is 5.16. The van der Waals surface area contributed by atoms with Crippen molar-refractivity contribution in [3.8, 4) is 17.2 Å². The highest BCUT2D eigenvalue weighted by molar-refractivity contribution is 8.00. The van der Waals surface area contributed by atoms with Gasteiger partial charge >= 0.3 is 0 Å². The number of carbonyl (C=O) groups is 5. The maximum Gasteiger partial charge on any atom is 0.272 e. The van der Waals surface area contributed by atoms with Crippen LogP contribution in [0.5, 0.6) is 17.2 Å². The van der Waals surface area contributed by atoms with Crippen LogP contribution in [-0.2, 0) is 14.4 Å². The summed E-state index contributed by atoms with van der Waals surface area (Å²) in [6.07, 6.45) is 1.45. The van der Waals surface area contributed by atoms with Gasteiger partial charge in [-0.05, 0) is 79.7 Å². The molecule has 11 nitrogen and oxygen atoms in total. The standard InChI is InChI=1S/C37H33N3O8S/c1-22(41)23-13-16-27(17-14-23)40-32(42)21-31(37(40)45)49-28-12-8-11-26(20-28)38-36(44)29(39-35(43)24-9-6-5-7-10-24)19-25-15-18-30(46-2)34(48-4)33(25)47-3/h5-20,31H,21H2,1-4H3,(H,38,44)(H,39,43). The third-order valence-corrected chi connectivity index (χ3v) is 8.75. The zero-order valence-corrected chi connectivity index (χ0v) is 28.0. The Kier molecular flexibility index (Phi) is 10.8. The number of rotatable bonds is 12. The van der Waals surface area contributed by atoms with E-state index in [1.807, 2.05) is 0 Å². The molecule has 4 amide bonds. The number of nitrogens with one attached hydrogen (secondary N) is 2. The molecule has 0 aromatic heterocycles. The summed E-state index contributed by atoms with van der Waals surface area (Å²) in [7, 11) is 4.40. The molecular formula is C37H33N3O8S. The van der Waals surface area contributed by atoms with E-state index in [0.717, 1.165) is 4.90 Å². The highest BCUT2D eigenvalue weighted by Crippen LogP contribution is 2.41. The van der Waals surface area contributed by atoms with Gasteiger partial charge < -0.3 is 24.8 Å². The Hall–Kier alpha value is -5.88. The first-order valence-electron chi connectivity index (χ1n) is 15.1. The minimum absolute atomic E-state index is 0.0138. The molecule has 5 rings (SSSR count). The van der Waals surface area contributed by atoms with Gasteiger partial charge in [0.15, 0.2) is 17.3 Å². The van der Waals surface area contributed by atoms with Crippen LogP contribution in [0, 0.1) is 0 Å². The number of hydrogen-bond acceptors (Lipinski definition) is 9. The third kappa shape index (κ3) is 7.82. The summed E-state index contributed by atoms with van der Waals surface area (Å²) in [5.41, 5.74) is 1.97. The molecule has 0 aliphatic carbocycles. The van der Waals surface area contributed by atoms with Crippen LogP contribution in [0.2, 0.25) is 0 Å². The Labute approximate surface area is 287 Å². The van der Waals surface area contributed by atoms with Crippen molar-refractivity contribution < 1.29 is 38.2 Å². The fourth-order valence-corrected chi connectivity index (χ4v) is 6.27. The topological polar surface area (TPSA) is 140 Å². The van der Waals surface area contributed by atoms with Gasteiger partial charge in [0.25, 0.3) is 11.8 Å². The summed E-state index contributed by atoms with van der Waals surface area (Å²) in [5, 5.41) is 4.83. The van der Waals surface area contributed by atoms with Gasteiger partial charge in [-0.1, -0.05) is 24.3 Å². The predicted molar refractivity (Wildman–Crippen MR) is 186 cm³/mol. The predicted octanol–water partition coefficient (Wildman–Crippen LogP) is 5.75. The molecule has 0 bridgehead atoms. The summed E-state index contributed by atoms with van der Waals surface area (Å²) in [6.45, 7) is 1.44. The minimum Gasteiger partial charge on any atom is -0.493 e. The van der Waals surface area contributed by atoms with Crippen LogP contribution in [0.3, 0.4) is 0 Å². The maximum atomic E-state index is 13.8. The van der Waals surface area contributed by atoms with E-state index in [-0.39, 0.29) is 29.7 Å². The molecule has 250 valence electrons. The zero-order chi connectivity index (χ0) is 35.1. The van der Waals surface area contributed by atoms with Gasteiger partial charge in [-0.2, -0.15) is 0 Å². The summed E-state index contributed by atoms with van der Waals surface area (Å²) in [4.78, 5) is 66.5. The average Bonchev–Trinajstić information content (AvgIpc) is 3.39. The van der Waals surface area contributed by atoms with Gasteiger partial charge in [-0.25, -0.2) is 4.90 Å². The van der Waals surface area contributed by atoms with Crippen molar-refractivity contribution in [1.82, 2.24) is 5.32 Å². The first-order valence-corrected chi connectivity index (χ1v) is 15.9. The summed E-state index contributed by atoms with van der Waals surface area (Å²) in [5.74, 6) is -0.959. The van der Waals surface area contributed by atoms with Crippen molar-refractivity contribution in [3.63, 3.8) is 0 Å². The smallest absolute Gasteiger partial charge is 0.272 e. The van der Waals surface area contributed by atoms with E-state index >= 15 is 0 Å². The van der Waals surface area contributed by atoms with Gasteiger partial charge in [0.2, 0.25) is 17.6 Å².